The Morgan fingerprint density at radius 3 is 2.29 bits per heavy atom. The maximum atomic E-state index is 11.6. The highest BCUT2D eigenvalue weighted by atomic mass is 32.2. The van der Waals surface area contributed by atoms with Crippen molar-refractivity contribution in [3.8, 4) is 0 Å². The molecule has 0 aromatic rings. The molecule has 0 radical (unpaired) electrons. The number of thioether (sulfide) groups is 1. The SMILES string of the molecule is CCSCC(=O)C(C(=O)OC)C(C)C. The molecule has 1 unspecified atom stereocenters. The number of carbonyl (C=O) groups is 2. The molecule has 0 amide bonds. The summed E-state index contributed by atoms with van der Waals surface area (Å²) in [7, 11) is 1.32. The lowest BCUT2D eigenvalue weighted by atomic mass is 9.92. The van der Waals surface area contributed by atoms with Crippen LogP contribution >= 0.6 is 11.8 Å². The lowest BCUT2D eigenvalue weighted by Crippen LogP contribution is -2.31. The fourth-order valence-corrected chi connectivity index (χ4v) is 1.78. The highest BCUT2D eigenvalue weighted by Gasteiger charge is 2.29. The number of ketones is 1. The van der Waals surface area contributed by atoms with Gasteiger partial charge in [-0.2, -0.15) is 11.8 Å². The molecule has 0 aromatic carbocycles. The van der Waals surface area contributed by atoms with E-state index in [1.165, 1.54) is 18.9 Å². The van der Waals surface area contributed by atoms with Crippen molar-refractivity contribution in [3.05, 3.63) is 0 Å². The molecule has 0 heterocycles. The molecule has 0 aliphatic rings. The fraction of sp³-hybridized carbons (Fsp3) is 0.800. The summed E-state index contributed by atoms with van der Waals surface area (Å²) in [6, 6.07) is 0. The maximum absolute atomic E-state index is 11.6. The Kier molecular flexibility index (Phi) is 6.62. The van der Waals surface area contributed by atoms with E-state index in [0.717, 1.165) is 5.75 Å². The molecule has 0 N–H and O–H groups in total. The summed E-state index contributed by atoms with van der Waals surface area (Å²) >= 11 is 1.53. The highest BCUT2D eigenvalue weighted by molar-refractivity contribution is 7.99. The molecular weight excluding hydrogens is 200 g/mol. The first-order valence-corrected chi connectivity index (χ1v) is 5.88. The smallest absolute Gasteiger partial charge is 0.316 e. The van der Waals surface area contributed by atoms with Crippen LogP contribution < -0.4 is 0 Å². The van der Waals surface area contributed by atoms with Gasteiger partial charge in [-0.15, -0.1) is 0 Å². The maximum Gasteiger partial charge on any atom is 0.316 e. The molecule has 14 heavy (non-hydrogen) atoms. The van der Waals surface area contributed by atoms with Gasteiger partial charge in [0.15, 0.2) is 5.78 Å². The van der Waals surface area contributed by atoms with Gasteiger partial charge in [0.2, 0.25) is 0 Å². The summed E-state index contributed by atoms with van der Waals surface area (Å²) in [4.78, 5) is 22.9. The average molecular weight is 218 g/mol. The minimum atomic E-state index is -0.598. The van der Waals surface area contributed by atoms with Gasteiger partial charge in [-0.05, 0) is 11.7 Å². The number of hydrogen-bond acceptors (Lipinski definition) is 4. The van der Waals surface area contributed by atoms with Crippen LogP contribution in [0.4, 0.5) is 0 Å². The van der Waals surface area contributed by atoms with Crippen molar-refractivity contribution in [2.45, 2.75) is 20.8 Å². The van der Waals surface area contributed by atoms with Crippen LogP contribution in [0.3, 0.4) is 0 Å². The number of esters is 1. The van der Waals surface area contributed by atoms with E-state index in [9.17, 15) is 9.59 Å². The molecule has 0 bridgehead atoms. The molecule has 0 saturated heterocycles. The first-order chi connectivity index (χ1) is 6.54. The molecule has 0 rings (SSSR count). The van der Waals surface area contributed by atoms with Gasteiger partial charge in [0.25, 0.3) is 0 Å². The van der Waals surface area contributed by atoms with E-state index in [1.54, 1.807) is 0 Å². The van der Waals surface area contributed by atoms with Gasteiger partial charge in [0.05, 0.1) is 12.9 Å². The summed E-state index contributed by atoms with van der Waals surface area (Å²) in [5.41, 5.74) is 0. The predicted octanol–water partition coefficient (Wildman–Crippen LogP) is 1.75. The Bertz CT molecular complexity index is 202. The van der Waals surface area contributed by atoms with E-state index in [0.29, 0.717) is 5.75 Å². The van der Waals surface area contributed by atoms with Crippen molar-refractivity contribution in [3.63, 3.8) is 0 Å². The molecule has 0 spiro atoms. The lowest BCUT2D eigenvalue weighted by Gasteiger charge is -2.16. The van der Waals surface area contributed by atoms with Crippen molar-refractivity contribution in [1.29, 1.82) is 0 Å². The van der Waals surface area contributed by atoms with Crippen LogP contribution in [0.1, 0.15) is 20.8 Å². The minimum Gasteiger partial charge on any atom is -0.468 e. The molecule has 4 heteroatoms. The Balaban J connectivity index is 4.34. The topological polar surface area (TPSA) is 43.4 Å². The van der Waals surface area contributed by atoms with E-state index in [-0.39, 0.29) is 11.7 Å². The van der Waals surface area contributed by atoms with Gasteiger partial charge < -0.3 is 4.74 Å². The standard InChI is InChI=1S/C10H18O3S/c1-5-14-6-8(11)9(7(2)3)10(12)13-4/h7,9H,5-6H2,1-4H3. The molecule has 0 aromatic heterocycles. The third-order valence-electron chi connectivity index (χ3n) is 1.92. The molecule has 82 valence electrons. The van der Waals surface area contributed by atoms with E-state index in [4.69, 9.17) is 0 Å². The van der Waals surface area contributed by atoms with Crippen LogP contribution in [0.25, 0.3) is 0 Å². The van der Waals surface area contributed by atoms with Gasteiger partial charge >= 0.3 is 5.97 Å². The third kappa shape index (κ3) is 4.13. The first kappa shape index (κ1) is 13.5. The second kappa shape index (κ2) is 6.87. The van der Waals surface area contributed by atoms with Crippen LogP contribution in [0.15, 0.2) is 0 Å². The molecule has 0 aliphatic carbocycles. The number of Topliss-reactive ketones (excluding diaryl/α,β-unsaturated/α-hetero) is 1. The largest absolute Gasteiger partial charge is 0.468 e. The number of carbonyl (C=O) groups excluding carboxylic acids is 2. The van der Waals surface area contributed by atoms with Crippen molar-refractivity contribution in [2.75, 3.05) is 18.6 Å². The summed E-state index contributed by atoms with van der Waals surface area (Å²) in [5.74, 6) is 0.249. The molecule has 1 atom stereocenters. The van der Waals surface area contributed by atoms with E-state index in [1.807, 2.05) is 20.8 Å². The van der Waals surface area contributed by atoms with Gasteiger partial charge in [-0.3, -0.25) is 9.59 Å². The Morgan fingerprint density at radius 1 is 1.36 bits per heavy atom. The van der Waals surface area contributed by atoms with Gasteiger partial charge in [0, 0.05) is 0 Å². The zero-order valence-electron chi connectivity index (χ0n) is 9.20. The van der Waals surface area contributed by atoms with Crippen LogP contribution in [0.5, 0.6) is 0 Å². The van der Waals surface area contributed by atoms with E-state index < -0.39 is 11.9 Å². The van der Waals surface area contributed by atoms with Crippen molar-refractivity contribution in [1.82, 2.24) is 0 Å². The molecular formula is C10H18O3S. The monoisotopic (exact) mass is 218 g/mol. The zero-order valence-corrected chi connectivity index (χ0v) is 10.0. The van der Waals surface area contributed by atoms with E-state index >= 15 is 0 Å². The lowest BCUT2D eigenvalue weighted by molar-refractivity contribution is -0.150. The molecule has 0 saturated carbocycles. The molecule has 0 aliphatic heterocycles. The van der Waals surface area contributed by atoms with Crippen LogP contribution in [0.2, 0.25) is 0 Å². The predicted molar refractivity (Wildman–Crippen MR) is 58.4 cm³/mol. The fourth-order valence-electron chi connectivity index (χ4n) is 1.19. The first-order valence-electron chi connectivity index (χ1n) is 4.72. The zero-order chi connectivity index (χ0) is 11.1. The van der Waals surface area contributed by atoms with Gasteiger partial charge in [0.1, 0.15) is 5.92 Å². The van der Waals surface area contributed by atoms with Crippen LogP contribution in [-0.2, 0) is 14.3 Å². The summed E-state index contributed by atoms with van der Waals surface area (Å²) in [5, 5.41) is 0. The quantitative estimate of drug-likeness (QED) is 0.503. The Hall–Kier alpha value is -0.510. The highest BCUT2D eigenvalue weighted by Crippen LogP contribution is 2.16. The van der Waals surface area contributed by atoms with Crippen LogP contribution in [-0.4, -0.2) is 30.4 Å². The molecule has 3 nitrogen and oxygen atoms in total. The minimum absolute atomic E-state index is 0.00686. The summed E-state index contributed by atoms with van der Waals surface area (Å²) in [6.07, 6.45) is 0. The van der Waals surface area contributed by atoms with Gasteiger partial charge in [-0.1, -0.05) is 20.8 Å². The average Bonchev–Trinajstić information content (AvgIpc) is 2.14. The number of methoxy groups -OCH3 is 1. The van der Waals surface area contributed by atoms with Gasteiger partial charge in [-0.25, -0.2) is 0 Å². The number of hydrogen-bond donors (Lipinski definition) is 0. The number of rotatable bonds is 6. The Labute approximate surface area is 89.6 Å². The second-order valence-corrected chi connectivity index (χ2v) is 4.62. The summed E-state index contributed by atoms with van der Waals surface area (Å²) in [6.45, 7) is 5.70. The second-order valence-electron chi connectivity index (χ2n) is 3.35. The van der Waals surface area contributed by atoms with Crippen molar-refractivity contribution >= 4 is 23.5 Å². The van der Waals surface area contributed by atoms with E-state index in [2.05, 4.69) is 4.74 Å². The van der Waals surface area contributed by atoms with Crippen molar-refractivity contribution in [2.24, 2.45) is 11.8 Å². The normalized spacial score (nSPS) is 12.6. The van der Waals surface area contributed by atoms with Crippen LogP contribution in [0, 0.1) is 11.8 Å². The number of ether oxygens (including phenoxy) is 1. The third-order valence-corrected chi connectivity index (χ3v) is 2.81. The Morgan fingerprint density at radius 2 is 1.93 bits per heavy atom. The molecule has 0 fully saturated rings. The summed E-state index contributed by atoms with van der Waals surface area (Å²) < 4.78 is 4.61. The van der Waals surface area contributed by atoms with Crippen molar-refractivity contribution < 1.29 is 14.3 Å².